The van der Waals surface area contributed by atoms with Crippen molar-refractivity contribution in [2.45, 2.75) is 10.9 Å². The van der Waals surface area contributed by atoms with Crippen molar-refractivity contribution < 1.29 is 4.21 Å². The van der Waals surface area contributed by atoms with E-state index in [1.165, 1.54) is 0 Å². The molecule has 1 atom stereocenters. The molecule has 3 rings (SSSR count). The number of para-hydroxylation sites is 2. The summed E-state index contributed by atoms with van der Waals surface area (Å²) < 4.78 is 13.2. The Kier molecular flexibility index (Phi) is 3.44. The average molecular weight is 336 g/mol. The first-order valence-electron chi connectivity index (χ1n) is 5.66. The maximum absolute atomic E-state index is 12.3. The van der Waals surface area contributed by atoms with Gasteiger partial charge < -0.3 is 4.98 Å². The second-order valence-electron chi connectivity index (χ2n) is 4.01. The molecule has 0 amide bonds. The molecule has 2 heterocycles. The van der Waals surface area contributed by atoms with Crippen LogP contribution in [0.2, 0.25) is 0 Å². The summed E-state index contributed by atoms with van der Waals surface area (Å²) in [6, 6.07) is 11.3. The molecule has 0 bridgehead atoms. The summed E-state index contributed by atoms with van der Waals surface area (Å²) in [4.78, 5) is 11.6. The van der Waals surface area contributed by atoms with E-state index in [0.717, 1.165) is 21.2 Å². The van der Waals surface area contributed by atoms with Crippen molar-refractivity contribution in [2.24, 2.45) is 0 Å². The van der Waals surface area contributed by atoms with Gasteiger partial charge in [0.25, 0.3) is 0 Å². The van der Waals surface area contributed by atoms with E-state index in [1.54, 1.807) is 6.20 Å². The first-order valence-corrected chi connectivity index (χ1v) is 7.77. The molecule has 1 N–H and O–H groups in total. The second-order valence-corrected chi connectivity index (χ2v) is 6.30. The smallest absolute Gasteiger partial charge is 0.197 e. The number of H-pyrrole nitrogens is 1. The summed E-state index contributed by atoms with van der Waals surface area (Å²) in [6.45, 7) is 0. The zero-order valence-electron chi connectivity index (χ0n) is 9.84. The number of nitrogens with one attached hydrogen (secondary N) is 1. The maximum atomic E-state index is 12.3. The second kappa shape index (κ2) is 5.22. The zero-order valence-corrected chi connectivity index (χ0v) is 12.2. The predicted octanol–water partition coefficient (Wildman–Crippen LogP) is 3.03. The lowest BCUT2D eigenvalue weighted by Crippen LogP contribution is -2.00. The number of fused-ring (bicyclic) bond motifs is 1. The molecule has 0 saturated heterocycles. The lowest BCUT2D eigenvalue weighted by molar-refractivity contribution is 0.677. The van der Waals surface area contributed by atoms with Gasteiger partial charge in [-0.1, -0.05) is 28.1 Å². The van der Waals surface area contributed by atoms with Crippen LogP contribution in [0.15, 0.2) is 52.2 Å². The lowest BCUT2D eigenvalue weighted by atomic mass is 10.3. The molecule has 1 aromatic carbocycles. The summed E-state index contributed by atoms with van der Waals surface area (Å²) in [7, 11) is -1.23. The fourth-order valence-electron chi connectivity index (χ4n) is 1.77. The van der Waals surface area contributed by atoms with Gasteiger partial charge in [-0.25, -0.2) is 4.98 Å². The predicted molar refractivity (Wildman–Crippen MR) is 78.1 cm³/mol. The molecular weight excluding hydrogens is 326 g/mol. The van der Waals surface area contributed by atoms with Gasteiger partial charge in [0.15, 0.2) is 5.16 Å². The van der Waals surface area contributed by atoms with Crippen LogP contribution in [-0.4, -0.2) is 19.2 Å². The Labute approximate surface area is 120 Å². The number of halogens is 1. The highest BCUT2D eigenvalue weighted by Gasteiger charge is 2.11. The van der Waals surface area contributed by atoms with Crippen LogP contribution in [0.3, 0.4) is 0 Å². The number of nitrogens with zero attached hydrogens (tertiary/aromatic N) is 2. The monoisotopic (exact) mass is 335 g/mol. The minimum Gasteiger partial charge on any atom is -0.331 e. The third-order valence-corrected chi connectivity index (χ3v) is 4.32. The van der Waals surface area contributed by atoms with Gasteiger partial charge >= 0.3 is 0 Å². The quantitative estimate of drug-likeness (QED) is 0.800. The van der Waals surface area contributed by atoms with E-state index in [9.17, 15) is 4.21 Å². The highest BCUT2D eigenvalue weighted by Crippen LogP contribution is 2.16. The summed E-state index contributed by atoms with van der Waals surface area (Å²) >= 11 is 3.37. The summed E-state index contributed by atoms with van der Waals surface area (Å²) in [5, 5.41) is 0.489. The molecule has 3 aromatic rings. The molecular formula is C13H10BrN3OS. The largest absolute Gasteiger partial charge is 0.331 e. The Morgan fingerprint density at radius 2 is 2.11 bits per heavy atom. The minimum atomic E-state index is -1.23. The fourth-order valence-corrected chi connectivity index (χ4v) is 3.14. The number of hydrogen-bond donors (Lipinski definition) is 1. The summed E-state index contributed by atoms with van der Waals surface area (Å²) in [6.07, 6.45) is 1.69. The molecule has 2 aromatic heterocycles. The van der Waals surface area contributed by atoms with E-state index in [1.807, 2.05) is 36.4 Å². The Hall–Kier alpha value is -1.53. The highest BCUT2D eigenvalue weighted by molar-refractivity contribution is 9.10. The van der Waals surface area contributed by atoms with E-state index < -0.39 is 10.8 Å². The van der Waals surface area contributed by atoms with Gasteiger partial charge in [0.2, 0.25) is 0 Å². The van der Waals surface area contributed by atoms with Crippen LogP contribution < -0.4 is 0 Å². The molecule has 0 fully saturated rings. The van der Waals surface area contributed by atoms with Crippen molar-refractivity contribution in [3.05, 3.63) is 52.8 Å². The third-order valence-electron chi connectivity index (χ3n) is 2.64. The van der Waals surface area contributed by atoms with Crippen molar-refractivity contribution in [2.75, 3.05) is 0 Å². The first kappa shape index (κ1) is 12.5. The normalized spacial score (nSPS) is 12.7. The number of imidazole rings is 1. The molecule has 4 nitrogen and oxygen atoms in total. The van der Waals surface area contributed by atoms with Crippen LogP contribution in [0.4, 0.5) is 0 Å². The van der Waals surface area contributed by atoms with Crippen molar-refractivity contribution >= 4 is 37.8 Å². The molecule has 0 spiro atoms. The molecule has 6 heteroatoms. The van der Waals surface area contributed by atoms with Gasteiger partial charge in [-0.05, 0) is 24.3 Å². The van der Waals surface area contributed by atoms with E-state index in [4.69, 9.17) is 0 Å². The first-order chi connectivity index (χ1) is 9.22. The summed E-state index contributed by atoms with van der Waals surface area (Å²) in [5.41, 5.74) is 2.49. The van der Waals surface area contributed by atoms with Crippen LogP contribution in [0.5, 0.6) is 0 Å². The number of pyridine rings is 1. The van der Waals surface area contributed by atoms with Gasteiger partial charge in [-0.2, -0.15) is 0 Å². The van der Waals surface area contributed by atoms with E-state index >= 15 is 0 Å². The molecule has 0 aliphatic rings. The molecule has 1 unspecified atom stereocenters. The molecule has 0 saturated carbocycles. The minimum absolute atomic E-state index is 0.346. The van der Waals surface area contributed by atoms with E-state index in [2.05, 4.69) is 30.9 Å². The number of aromatic nitrogens is 3. The fraction of sp³-hybridized carbons (Fsp3) is 0.0769. The van der Waals surface area contributed by atoms with Crippen LogP contribution in [0.1, 0.15) is 5.69 Å². The Morgan fingerprint density at radius 1 is 1.26 bits per heavy atom. The van der Waals surface area contributed by atoms with Crippen LogP contribution >= 0.6 is 15.9 Å². The van der Waals surface area contributed by atoms with Gasteiger partial charge in [0, 0.05) is 10.7 Å². The van der Waals surface area contributed by atoms with Crippen molar-refractivity contribution in [1.82, 2.24) is 15.0 Å². The standard InChI is InChI=1S/C13H10BrN3OS/c14-9-5-6-15-10(7-9)8-19(18)13-16-11-3-1-2-4-12(11)17-13/h1-7H,8H2,(H,16,17). The van der Waals surface area contributed by atoms with Crippen molar-refractivity contribution in [3.8, 4) is 0 Å². The van der Waals surface area contributed by atoms with Gasteiger partial charge in [0.05, 0.1) is 33.3 Å². The number of aromatic amines is 1. The van der Waals surface area contributed by atoms with Gasteiger partial charge in [-0.3, -0.25) is 9.19 Å². The number of rotatable bonds is 3. The maximum Gasteiger partial charge on any atom is 0.197 e. The van der Waals surface area contributed by atoms with Gasteiger partial charge in [-0.15, -0.1) is 0 Å². The number of benzene rings is 1. The van der Waals surface area contributed by atoms with Crippen molar-refractivity contribution in [3.63, 3.8) is 0 Å². The molecule has 96 valence electrons. The Bertz CT molecular complexity index is 723. The summed E-state index contributed by atoms with van der Waals surface area (Å²) in [5.74, 6) is 0.346. The highest BCUT2D eigenvalue weighted by atomic mass is 79.9. The van der Waals surface area contributed by atoms with Gasteiger partial charge in [0.1, 0.15) is 0 Å². The molecule has 0 radical (unpaired) electrons. The van der Waals surface area contributed by atoms with Crippen LogP contribution in [-0.2, 0) is 16.6 Å². The van der Waals surface area contributed by atoms with Crippen molar-refractivity contribution in [1.29, 1.82) is 0 Å². The van der Waals surface area contributed by atoms with Crippen LogP contribution in [0, 0.1) is 0 Å². The van der Waals surface area contributed by atoms with Crippen LogP contribution in [0.25, 0.3) is 11.0 Å². The Morgan fingerprint density at radius 3 is 2.89 bits per heavy atom. The average Bonchev–Trinajstić information content (AvgIpc) is 2.82. The zero-order chi connectivity index (χ0) is 13.2. The molecule has 0 aliphatic heterocycles. The third kappa shape index (κ3) is 2.74. The number of hydrogen-bond acceptors (Lipinski definition) is 3. The molecule has 19 heavy (non-hydrogen) atoms. The topological polar surface area (TPSA) is 58.6 Å². The van der Waals surface area contributed by atoms with E-state index in [0.29, 0.717) is 10.9 Å². The SMILES string of the molecule is O=S(Cc1cc(Br)ccn1)c1nc2ccccc2[nH]1. The lowest BCUT2D eigenvalue weighted by Gasteiger charge is -1.99. The molecule has 0 aliphatic carbocycles. The Balaban J connectivity index is 1.87. The van der Waals surface area contributed by atoms with E-state index in [-0.39, 0.29) is 0 Å².